The number of morpholine rings is 1. The lowest BCUT2D eigenvalue weighted by molar-refractivity contribution is -0.173. The molecule has 4 aliphatic rings. The molecule has 0 N–H and O–H groups in total. The maximum atomic E-state index is 13.3. The molecule has 7 heteroatoms. The molecule has 3 aliphatic heterocycles. The molecule has 30 heavy (non-hydrogen) atoms. The minimum Gasteiger partial charge on any atom is -0.482 e. The van der Waals surface area contributed by atoms with Gasteiger partial charge in [0.2, 0.25) is 5.91 Å². The molecule has 3 heterocycles. The van der Waals surface area contributed by atoms with Gasteiger partial charge < -0.3 is 14.4 Å². The summed E-state index contributed by atoms with van der Waals surface area (Å²) in [5.74, 6) is 0.482. The number of para-hydroxylation sites is 2. The summed E-state index contributed by atoms with van der Waals surface area (Å²) in [6.07, 6.45) is 7.07. The number of carbonyl (C=O) groups is 2. The molecular formula is C23H31N3O4. The fourth-order valence-corrected chi connectivity index (χ4v) is 5.70. The molecule has 2 amide bonds. The van der Waals surface area contributed by atoms with Crippen molar-refractivity contribution in [3.8, 4) is 5.75 Å². The number of amides is 2. The third-order valence-electron chi connectivity index (χ3n) is 7.18. The van der Waals surface area contributed by atoms with Crippen LogP contribution in [0, 0.1) is 0 Å². The average Bonchev–Trinajstić information content (AvgIpc) is 3.30. The zero-order chi connectivity index (χ0) is 20.6. The molecule has 0 unspecified atom stereocenters. The summed E-state index contributed by atoms with van der Waals surface area (Å²) in [5.41, 5.74) is 0.418. The van der Waals surface area contributed by atoms with Crippen LogP contribution in [0.25, 0.3) is 0 Å². The van der Waals surface area contributed by atoms with E-state index in [1.165, 1.54) is 19.3 Å². The molecule has 5 rings (SSSR count). The SMILES string of the molecule is O=C(CN1C(=O)COc2ccccc21)N1CCO[C@]2(CCCC[C@H]2N2CCCC2)C1. The van der Waals surface area contributed by atoms with Gasteiger partial charge in [-0.3, -0.25) is 19.4 Å². The summed E-state index contributed by atoms with van der Waals surface area (Å²) in [6, 6.07) is 7.82. The van der Waals surface area contributed by atoms with Gasteiger partial charge >= 0.3 is 0 Å². The van der Waals surface area contributed by atoms with Crippen molar-refractivity contribution >= 4 is 17.5 Å². The van der Waals surface area contributed by atoms with Crippen LogP contribution in [0.1, 0.15) is 38.5 Å². The number of fused-ring (bicyclic) bond motifs is 1. The van der Waals surface area contributed by atoms with Crippen molar-refractivity contribution in [1.82, 2.24) is 9.80 Å². The van der Waals surface area contributed by atoms with Gasteiger partial charge in [-0.1, -0.05) is 25.0 Å². The minimum atomic E-state index is -0.260. The summed E-state index contributed by atoms with van der Waals surface area (Å²) in [4.78, 5) is 31.9. The Labute approximate surface area is 177 Å². The van der Waals surface area contributed by atoms with Crippen LogP contribution < -0.4 is 9.64 Å². The lowest BCUT2D eigenvalue weighted by Crippen LogP contribution is -2.65. The van der Waals surface area contributed by atoms with Gasteiger partial charge in [0.05, 0.1) is 18.8 Å². The van der Waals surface area contributed by atoms with Gasteiger partial charge in [0.15, 0.2) is 6.61 Å². The standard InChI is InChI=1S/C23H31N3O4/c27-21(15-26-18-7-1-2-8-19(18)29-16-22(26)28)25-13-14-30-23(17-25)10-4-3-9-20(23)24-11-5-6-12-24/h1-2,7-8,20H,3-6,9-17H2/t20-,23-/m1/s1. The van der Waals surface area contributed by atoms with Crippen LogP contribution in [0.2, 0.25) is 0 Å². The second kappa shape index (κ2) is 8.19. The molecule has 162 valence electrons. The topological polar surface area (TPSA) is 62.3 Å². The molecule has 3 fully saturated rings. The van der Waals surface area contributed by atoms with Crippen molar-refractivity contribution in [2.75, 3.05) is 50.8 Å². The summed E-state index contributed by atoms with van der Waals surface area (Å²) in [6.45, 7) is 4.12. The number of anilines is 1. The molecule has 1 aliphatic carbocycles. The van der Waals surface area contributed by atoms with E-state index < -0.39 is 0 Å². The Bertz CT molecular complexity index is 805. The number of carbonyl (C=O) groups excluding carboxylic acids is 2. The van der Waals surface area contributed by atoms with Crippen LogP contribution in [-0.2, 0) is 14.3 Å². The van der Waals surface area contributed by atoms with E-state index in [9.17, 15) is 9.59 Å². The zero-order valence-corrected chi connectivity index (χ0v) is 17.6. The van der Waals surface area contributed by atoms with E-state index in [4.69, 9.17) is 9.47 Å². The van der Waals surface area contributed by atoms with Gasteiger partial charge in [-0.05, 0) is 50.9 Å². The lowest BCUT2D eigenvalue weighted by Gasteiger charge is -2.52. The fourth-order valence-electron chi connectivity index (χ4n) is 5.70. The monoisotopic (exact) mass is 413 g/mol. The largest absolute Gasteiger partial charge is 0.482 e. The smallest absolute Gasteiger partial charge is 0.265 e. The molecular weight excluding hydrogens is 382 g/mol. The molecule has 0 radical (unpaired) electrons. The van der Waals surface area contributed by atoms with Crippen LogP contribution in [0.4, 0.5) is 5.69 Å². The number of rotatable bonds is 3. The Morgan fingerprint density at radius 2 is 1.93 bits per heavy atom. The molecule has 2 atom stereocenters. The Balaban J connectivity index is 1.32. The van der Waals surface area contributed by atoms with Crippen molar-refractivity contribution in [3.05, 3.63) is 24.3 Å². The first kappa shape index (κ1) is 19.8. The van der Waals surface area contributed by atoms with Crippen LogP contribution in [0.5, 0.6) is 5.75 Å². The van der Waals surface area contributed by atoms with Crippen LogP contribution in [0.3, 0.4) is 0 Å². The third-order valence-corrected chi connectivity index (χ3v) is 7.18. The first-order valence-electron chi connectivity index (χ1n) is 11.3. The van der Waals surface area contributed by atoms with Crippen molar-refractivity contribution < 1.29 is 19.1 Å². The van der Waals surface area contributed by atoms with Gasteiger partial charge in [0.25, 0.3) is 5.91 Å². The van der Waals surface area contributed by atoms with Gasteiger partial charge in [0, 0.05) is 12.6 Å². The quantitative estimate of drug-likeness (QED) is 0.759. The third kappa shape index (κ3) is 3.58. The number of likely N-dealkylation sites (tertiary alicyclic amines) is 1. The van der Waals surface area contributed by atoms with Gasteiger partial charge in [-0.15, -0.1) is 0 Å². The van der Waals surface area contributed by atoms with E-state index in [0.29, 0.717) is 37.2 Å². The predicted octanol–water partition coefficient (Wildman–Crippen LogP) is 2.05. The first-order chi connectivity index (χ1) is 14.7. The number of hydrogen-bond acceptors (Lipinski definition) is 5. The number of hydrogen-bond donors (Lipinski definition) is 0. The number of nitrogens with zero attached hydrogens (tertiary/aromatic N) is 3. The molecule has 1 spiro atoms. The van der Waals surface area contributed by atoms with Crippen LogP contribution in [-0.4, -0.2) is 79.2 Å². The van der Waals surface area contributed by atoms with Gasteiger partial charge in [0.1, 0.15) is 17.9 Å². The van der Waals surface area contributed by atoms with Gasteiger partial charge in [-0.25, -0.2) is 0 Å². The van der Waals surface area contributed by atoms with E-state index >= 15 is 0 Å². The maximum absolute atomic E-state index is 13.3. The number of ether oxygens (including phenoxy) is 2. The van der Waals surface area contributed by atoms with Crippen molar-refractivity contribution in [2.45, 2.75) is 50.2 Å². The van der Waals surface area contributed by atoms with E-state index in [1.807, 2.05) is 29.2 Å². The van der Waals surface area contributed by atoms with Crippen molar-refractivity contribution in [2.24, 2.45) is 0 Å². The van der Waals surface area contributed by atoms with Crippen molar-refractivity contribution in [1.29, 1.82) is 0 Å². The molecule has 7 nitrogen and oxygen atoms in total. The first-order valence-corrected chi connectivity index (χ1v) is 11.3. The van der Waals surface area contributed by atoms with E-state index in [-0.39, 0.29) is 30.6 Å². The highest BCUT2D eigenvalue weighted by atomic mass is 16.5. The Kier molecular flexibility index (Phi) is 5.41. The highest BCUT2D eigenvalue weighted by Gasteiger charge is 2.49. The second-order valence-electron chi connectivity index (χ2n) is 8.97. The molecule has 1 aromatic rings. The second-order valence-corrected chi connectivity index (χ2v) is 8.97. The van der Waals surface area contributed by atoms with Gasteiger partial charge in [-0.2, -0.15) is 0 Å². The number of benzene rings is 1. The van der Waals surface area contributed by atoms with E-state index in [1.54, 1.807) is 4.90 Å². The molecule has 2 saturated heterocycles. The Morgan fingerprint density at radius 3 is 2.80 bits per heavy atom. The lowest BCUT2D eigenvalue weighted by atomic mass is 9.78. The van der Waals surface area contributed by atoms with E-state index in [0.717, 1.165) is 32.4 Å². The Hall–Kier alpha value is -2.12. The fraction of sp³-hybridized carbons (Fsp3) is 0.652. The molecule has 1 aromatic carbocycles. The highest BCUT2D eigenvalue weighted by molar-refractivity contribution is 6.02. The summed E-state index contributed by atoms with van der Waals surface area (Å²) in [5, 5.41) is 0. The Morgan fingerprint density at radius 1 is 1.10 bits per heavy atom. The normalized spacial score (nSPS) is 29.7. The molecule has 1 saturated carbocycles. The molecule has 0 bridgehead atoms. The predicted molar refractivity (Wildman–Crippen MR) is 113 cm³/mol. The summed E-state index contributed by atoms with van der Waals surface area (Å²) >= 11 is 0. The van der Waals surface area contributed by atoms with Crippen LogP contribution >= 0.6 is 0 Å². The van der Waals surface area contributed by atoms with E-state index in [2.05, 4.69) is 4.90 Å². The zero-order valence-electron chi connectivity index (χ0n) is 17.6. The highest BCUT2D eigenvalue weighted by Crippen LogP contribution is 2.39. The van der Waals surface area contributed by atoms with Crippen LogP contribution in [0.15, 0.2) is 24.3 Å². The summed E-state index contributed by atoms with van der Waals surface area (Å²) in [7, 11) is 0. The summed E-state index contributed by atoms with van der Waals surface area (Å²) < 4.78 is 12.0. The van der Waals surface area contributed by atoms with Crippen molar-refractivity contribution in [3.63, 3.8) is 0 Å². The molecule has 0 aromatic heterocycles. The maximum Gasteiger partial charge on any atom is 0.265 e. The average molecular weight is 414 g/mol. The minimum absolute atomic E-state index is 0.00604.